The molecule has 1 fully saturated rings. The van der Waals surface area contributed by atoms with E-state index in [-0.39, 0.29) is 12.7 Å². The fraction of sp³-hybridized carbons (Fsp3) is 0.909. The third kappa shape index (κ3) is 2.00. The van der Waals surface area contributed by atoms with Crippen molar-refractivity contribution >= 4 is 0 Å². The monoisotopic (exact) mass is 213 g/mol. The number of methoxy groups -OCH3 is 1. The molecule has 0 amide bonds. The van der Waals surface area contributed by atoms with E-state index in [1.54, 1.807) is 13.8 Å². The number of nitrogens with zero attached hydrogens (tertiary/aromatic N) is 1. The van der Waals surface area contributed by atoms with Crippen molar-refractivity contribution in [2.45, 2.75) is 38.4 Å². The third-order valence-corrected chi connectivity index (χ3v) is 3.57. The largest absolute Gasteiger partial charge is 0.386 e. The molecular formula is C11H19NO3. The van der Waals surface area contributed by atoms with Gasteiger partial charge in [0.15, 0.2) is 0 Å². The van der Waals surface area contributed by atoms with E-state index in [0.29, 0.717) is 13.0 Å². The van der Waals surface area contributed by atoms with Gasteiger partial charge in [0, 0.05) is 13.7 Å². The summed E-state index contributed by atoms with van der Waals surface area (Å²) in [5, 5.41) is 19.7. The highest BCUT2D eigenvalue weighted by molar-refractivity contribution is 5.13. The molecule has 1 rings (SSSR count). The molecule has 0 bridgehead atoms. The predicted molar refractivity (Wildman–Crippen MR) is 55.2 cm³/mol. The molecule has 0 aliphatic carbocycles. The van der Waals surface area contributed by atoms with E-state index in [4.69, 9.17) is 9.47 Å². The van der Waals surface area contributed by atoms with Gasteiger partial charge >= 0.3 is 0 Å². The smallest absolute Gasteiger partial charge is 0.111 e. The highest BCUT2D eigenvalue weighted by Crippen LogP contribution is 2.41. The Morgan fingerprint density at radius 1 is 1.67 bits per heavy atom. The highest BCUT2D eigenvalue weighted by Gasteiger charge is 2.52. The molecule has 0 aromatic heterocycles. The van der Waals surface area contributed by atoms with Crippen LogP contribution in [-0.4, -0.2) is 37.1 Å². The van der Waals surface area contributed by atoms with Crippen molar-refractivity contribution in [3.05, 3.63) is 0 Å². The molecule has 1 aliphatic rings. The van der Waals surface area contributed by atoms with Crippen molar-refractivity contribution in [2.75, 3.05) is 20.3 Å². The standard InChI is InChI=1S/C11H19NO3/c1-9(14-3)10(2,13)11(7-12)5-4-6-15-8-11/h9,13H,4-6,8H2,1-3H3. The first-order valence-corrected chi connectivity index (χ1v) is 5.24. The number of ether oxygens (including phenoxy) is 2. The van der Waals surface area contributed by atoms with Crippen molar-refractivity contribution in [3.63, 3.8) is 0 Å². The Hall–Kier alpha value is -0.630. The second-order valence-corrected chi connectivity index (χ2v) is 4.38. The van der Waals surface area contributed by atoms with E-state index in [1.165, 1.54) is 7.11 Å². The lowest BCUT2D eigenvalue weighted by molar-refractivity contribution is -0.167. The zero-order chi connectivity index (χ0) is 11.5. The number of hydrogen-bond donors (Lipinski definition) is 1. The number of nitriles is 1. The van der Waals surface area contributed by atoms with Crippen LogP contribution in [0, 0.1) is 16.7 Å². The number of hydrogen-bond acceptors (Lipinski definition) is 4. The Balaban J connectivity index is 2.94. The first-order valence-electron chi connectivity index (χ1n) is 5.24. The number of aliphatic hydroxyl groups is 1. The van der Waals surface area contributed by atoms with Gasteiger partial charge in [-0.15, -0.1) is 0 Å². The lowest BCUT2D eigenvalue weighted by Gasteiger charge is -2.45. The number of rotatable bonds is 3. The van der Waals surface area contributed by atoms with Crippen LogP contribution in [-0.2, 0) is 9.47 Å². The molecule has 1 N–H and O–H groups in total. The second-order valence-electron chi connectivity index (χ2n) is 4.38. The van der Waals surface area contributed by atoms with Crippen LogP contribution in [0.25, 0.3) is 0 Å². The lowest BCUT2D eigenvalue weighted by atomic mass is 9.68. The van der Waals surface area contributed by atoms with Crippen LogP contribution in [0.15, 0.2) is 0 Å². The van der Waals surface area contributed by atoms with E-state index in [0.717, 1.165) is 6.42 Å². The predicted octanol–water partition coefficient (Wildman–Crippen LogP) is 1.09. The van der Waals surface area contributed by atoms with E-state index in [1.807, 2.05) is 0 Å². The van der Waals surface area contributed by atoms with Crippen LogP contribution in [0.4, 0.5) is 0 Å². The quantitative estimate of drug-likeness (QED) is 0.762. The molecule has 4 nitrogen and oxygen atoms in total. The Morgan fingerprint density at radius 2 is 2.33 bits per heavy atom. The minimum absolute atomic E-state index is 0.282. The van der Waals surface area contributed by atoms with Gasteiger partial charge in [-0.25, -0.2) is 0 Å². The van der Waals surface area contributed by atoms with Gasteiger partial charge in [0.2, 0.25) is 0 Å². The van der Waals surface area contributed by atoms with Crippen molar-refractivity contribution in [3.8, 4) is 6.07 Å². The molecule has 1 aliphatic heterocycles. The van der Waals surface area contributed by atoms with Gasteiger partial charge in [-0.3, -0.25) is 0 Å². The van der Waals surface area contributed by atoms with Crippen molar-refractivity contribution < 1.29 is 14.6 Å². The minimum atomic E-state index is -1.18. The Bertz CT molecular complexity index is 251. The molecule has 0 radical (unpaired) electrons. The summed E-state index contributed by atoms with van der Waals surface area (Å²) in [4.78, 5) is 0. The third-order valence-electron chi connectivity index (χ3n) is 3.57. The summed E-state index contributed by atoms with van der Waals surface area (Å²) in [6.07, 6.45) is 1.07. The summed E-state index contributed by atoms with van der Waals surface area (Å²) < 4.78 is 10.5. The second kappa shape index (κ2) is 4.48. The molecule has 3 unspecified atom stereocenters. The molecular weight excluding hydrogens is 194 g/mol. The first-order chi connectivity index (χ1) is 7.00. The summed E-state index contributed by atoms with van der Waals surface area (Å²) in [7, 11) is 1.54. The summed E-state index contributed by atoms with van der Waals surface area (Å²) in [6, 6.07) is 2.22. The van der Waals surface area contributed by atoms with E-state index >= 15 is 0 Å². The van der Waals surface area contributed by atoms with Crippen LogP contribution >= 0.6 is 0 Å². The van der Waals surface area contributed by atoms with Gasteiger partial charge in [-0.2, -0.15) is 5.26 Å². The topological polar surface area (TPSA) is 62.5 Å². The normalized spacial score (nSPS) is 32.7. The molecule has 0 aromatic carbocycles. The molecule has 15 heavy (non-hydrogen) atoms. The Kier molecular flexibility index (Phi) is 3.72. The maximum absolute atomic E-state index is 10.4. The molecule has 86 valence electrons. The molecule has 1 saturated heterocycles. The summed E-state index contributed by atoms with van der Waals surface area (Å²) in [6.45, 7) is 4.37. The highest BCUT2D eigenvalue weighted by atomic mass is 16.5. The summed E-state index contributed by atoms with van der Waals surface area (Å²) in [5.74, 6) is 0. The van der Waals surface area contributed by atoms with Crippen molar-refractivity contribution in [2.24, 2.45) is 5.41 Å². The van der Waals surface area contributed by atoms with Crippen LogP contribution in [0.3, 0.4) is 0 Å². The lowest BCUT2D eigenvalue weighted by Crippen LogP contribution is -2.56. The van der Waals surface area contributed by atoms with Gasteiger partial charge in [-0.05, 0) is 26.7 Å². The summed E-state index contributed by atoms with van der Waals surface area (Å²) in [5.41, 5.74) is -2.03. The molecule has 1 heterocycles. The zero-order valence-corrected chi connectivity index (χ0v) is 9.62. The van der Waals surface area contributed by atoms with Crippen LogP contribution in [0.2, 0.25) is 0 Å². The van der Waals surface area contributed by atoms with Crippen LogP contribution in [0.1, 0.15) is 26.7 Å². The Labute approximate surface area is 90.8 Å². The molecule has 0 saturated carbocycles. The Morgan fingerprint density at radius 3 is 2.73 bits per heavy atom. The van der Waals surface area contributed by atoms with Crippen molar-refractivity contribution in [1.82, 2.24) is 0 Å². The van der Waals surface area contributed by atoms with Gasteiger partial charge in [-0.1, -0.05) is 0 Å². The molecule has 0 spiro atoms. The van der Waals surface area contributed by atoms with E-state index < -0.39 is 11.0 Å². The van der Waals surface area contributed by atoms with Gasteiger partial charge < -0.3 is 14.6 Å². The molecule has 3 atom stereocenters. The minimum Gasteiger partial charge on any atom is -0.386 e. The maximum Gasteiger partial charge on any atom is 0.111 e. The zero-order valence-electron chi connectivity index (χ0n) is 9.62. The van der Waals surface area contributed by atoms with Gasteiger partial charge in [0.1, 0.15) is 11.0 Å². The van der Waals surface area contributed by atoms with Gasteiger partial charge in [0.05, 0.1) is 18.8 Å². The molecule has 0 aromatic rings. The fourth-order valence-corrected chi connectivity index (χ4v) is 2.01. The summed E-state index contributed by atoms with van der Waals surface area (Å²) >= 11 is 0. The average molecular weight is 213 g/mol. The van der Waals surface area contributed by atoms with Crippen LogP contribution in [0.5, 0.6) is 0 Å². The van der Waals surface area contributed by atoms with Crippen molar-refractivity contribution in [1.29, 1.82) is 5.26 Å². The van der Waals surface area contributed by atoms with E-state index in [2.05, 4.69) is 6.07 Å². The fourth-order valence-electron chi connectivity index (χ4n) is 2.01. The van der Waals surface area contributed by atoms with Crippen LogP contribution < -0.4 is 0 Å². The SMILES string of the molecule is COC(C)C(C)(O)C1(C#N)CCCOC1. The average Bonchev–Trinajstić information content (AvgIpc) is 2.28. The first kappa shape index (κ1) is 12.4. The van der Waals surface area contributed by atoms with Gasteiger partial charge in [0.25, 0.3) is 0 Å². The molecule has 4 heteroatoms. The maximum atomic E-state index is 10.4. The van der Waals surface area contributed by atoms with E-state index in [9.17, 15) is 10.4 Å².